The molecule has 1 aromatic heterocycles. The molecule has 1 amide bonds. The van der Waals surface area contributed by atoms with Crippen LogP contribution in [0.3, 0.4) is 0 Å². The number of aromatic nitrogens is 3. The Balaban J connectivity index is 2.27. The maximum atomic E-state index is 11.6. The van der Waals surface area contributed by atoms with Crippen LogP contribution < -0.4 is 26.4 Å². The second kappa shape index (κ2) is 7.02. The van der Waals surface area contributed by atoms with Gasteiger partial charge in [0.05, 0.1) is 6.54 Å². The van der Waals surface area contributed by atoms with Gasteiger partial charge in [-0.1, -0.05) is 0 Å². The van der Waals surface area contributed by atoms with Gasteiger partial charge in [0.25, 0.3) is 0 Å². The monoisotopic (exact) mass is 294 g/mol. The van der Waals surface area contributed by atoms with E-state index in [-0.39, 0.29) is 12.5 Å². The zero-order valence-electron chi connectivity index (χ0n) is 12.5. The van der Waals surface area contributed by atoms with E-state index in [1.54, 1.807) is 11.9 Å². The van der Waals surface area contributed by atoms with Gasteiger partial charge in [0, 0.05) is 26.7 Å². The summed E-state index contributed by atoms with van der Waals surface area (Å²) in [5.74, 6) is 6.69. The molecule has 4 N–H and O–H groups in total. The molecule has 1 saturated heterocycles. The maximum absolute atomic E-state index is 11.6. The van der Waals surface area contributed by atoms with Crippen LogP contribution in [-0.4, -0.2) is 54.1 Å². The Kier molecular flexibility index (Phi) is 5.09. The average Bonchev–Trinajstić information content (AvgIpc) is 3.06. The third kappa shape index (κ3) is 3.69. The first-order valence-electron chi connectivity index (χ1n) is 7.11. The quantitative estimate of drug-likeness (QED) is 0.468. The maximum Gasteiger partial charge on any atom is 0.243 e. The Morgan fingerprint density at radius 3 is 2.62 bits per heavy atom. The lowest BCUT2D eigenvalue weighted by molar-refractivity contribution is -0.119. The van der Waals surface area contributed by atoms with E-state index in [2.05, 4.69) is 30.6 Å². The number of nitrogens with zero attached hydrogens (tertiary/aromatic N) is 5. The van der Waals surface area contributed by atoms with Gasteiger partial charge < -0.3 is 15.1 Å². The summed E-state index contributed by atoms with van der Waals surface area (Å²) in [6.45, 7) is 4.60. The van der Waals surface area contributed by atoms with E-state index in [0.29, 0.717) is 24.4 Å². The number of nitrogen functional groups attached to an aromatic ring is 1. The fourth-order valence-corrected chi connectivity index (χ4v) is 2.19. The van der Waals surface area contributed by atoms with E-state index in [1.807, 2.05) is 6.92 Å². The smallest absolute Gasteiger partial charge is 0.243 e. The van der Waals surface area contributed by atoms with Gasteiger partial charge in [0.2, 0.25) is 23.8 Å². The minimum atomic E-state index is -0.0951. The van der Waals surface area contributed by atoms with Crippen LogP contribution in [0, 0.1) is 0 Å². The summed E-state index contributed by atoms with van der Waals surface area (Å²) in [6.07, 6.45) is 2.25. The number of rotatable bonds is 6. The standard InChI is InChI=1S/C12H22N8O/c1-3-19(8-9(21)14-2)11-15-10(18-13)16-12(17-11)20-6-4-5-7-20/h3-8,13H2,1-2H3,(H,14,21)(H,15,16,17,18). The second-order valence-corrected chi connectivity index (χ2v) is 4.78. The topological polar surface area (TPSA) is 112 Å². The molecule has 9 heteroatoms. The number of carbonyl (C=O) groups excluding carboxylic acids is 1. The second-order valence-electron chi connectivity index (χ2n) is 4.78. The van der Waals surface area contributed by atoms with Crippen LogP contribution in [0.25, 0.3) is 0 Å². The van der Waals surface area contributed by atoms with Gasteiger partial charge in [-0.25, -0.2) is 5.84 Å². The molecular formula is C12H22N8O. The normalized spacial score (nSPS) is 14.1. The van der Waals surface area contributed by atoms with Gasteiger partial charge in [-0.05, 0) is 19.8 Å². The molecule has 21 heavy (non-hydrogen) atoms. The number of hydrazine groups is 1. The average molecular weight is 294 g/mol. The first-order valence-corrected chi connectivity index (χ1v) is 7.11. The zero-order valence-corrected chi connectivity index (χ0v) is 12.5. The van der Waals surface area contributed by atoms with Crippen molar-refractivity contribution in [1.29, 1.82) is 0 Å². The van der Waals surface area contributed by atoms with Gasteiger partial charge in [0.15, 0.2) is 0 Å². The number of nitrogens with one attached hydrogen (secondary N) is 2. The summed E-state index contributed by atoms with van der Waals surface area (Å²) in [4.78, 5) is 28.5. The molecule has 1 aromatic rings. The SMILES string of the molecule is CCN(CC(=O)NC)c1nc(NN)nc(N2CCCC2)n1. The van der Waals surface area contributed by atoms with Gasteiger partial charge in [-0.15, -0.1) is 0 Å². The van der Waals surface area contributed by atoms with Crippen molar-refractivity contribution in [3.05, 3.63) is 0 Å². The van der Waals surface area contributed by atoms with E-state index < -0.39 is 0 Å². The largest absolute Gasteiger partial charge is 0.358 e. The van der Waals surface area contributed by atoms with Crippen LogP contribution >= 0.6 is 0 Å². The molecule has 0 aliphatic carbocycles. The number of hydrogen-bond donors (Lipinski definition) is 3. The highest BCUT2D eigenvalue weighted by Gasteiger charge is 2.20. The molecule has 9 nitrogen and oxygen atoms in total. The highest BCUT2D eigenvalue weighted by Crippen LogP contribution is 2.19. The van der Waals surface area contributed by atoms with Crippen LogP contribution in [0.15, 0.2) is 0 Å². The zero-order chi connectivity index (χ0) is 15.2. The fraction of sp³-hybridized carbons (Fsp3) is 0.667. The molecule has 0 atom stereocenters. The molecule has 0 bridgehead atoms. The number of nitrogens with two attached hydrogens (primary N) is 1. The van der Waals surface area contributed by atoms with E-state index in [1.165, 1.54) is 0 Å². The Hall–Kier alpha value is -2.16. The molecule has 2 heterocycles. The lowest BCUT2D eigenvalue weighted by atomic mass is 10.4. The Morgan fingerprint density at radius 1 is 1.33 bits per heavy atom. The Bertz CT molecular complexity index is 488. The third-order valence-corrected chi connectivity index (χ3v) is 3.41. The number of hydrogen-bond acceptors (Lipinski definition) is 8. The predicted molar refractivity (Wildman–Crippen MR) is 81.0 cm³/mol. The minimum Gasteiger partial charge on any atom is -0.358 e. The van der Waals surface area contributed by atoms with Crippen LogP contribution in [0.4, 0.5) is 17.8 Å². The van der Waals surface area contributed by atoms with E-state index in [4.69, 9.17) is 5.84 Å². The summed E-state index contributed by atoms with van der Waals surface area (Å²) in [5, 5.41) is 2.60. The van der Waals surface area contributed by atoms with E-state index >= 15 is 0 Å². The molecule has 1 aliphatic heterocycles. The Morgan fingerprint density at radius 2 is 2.05 bits per heavy atom. The molecular weight excluding hydrogens is 272 g/mol. The molecule has 0 saturated carbocycles. The fourth-order valence-electron chi connectivity index (χ4n) is 2.19. The molecule has 2 rings (SSSR count). The number of amides is 1. The molecule has 0 unspecified atom stereocenters. The summed E-state index contributed by atoms with van der Waals surface area (Å²) in [5.41, 5.74) is 2.46. The molecule has 1 aliphatic rings. The van der Waals surface area contributed by atoms with Gasteiger partial charge in [-0.3, -0.25) is 10.2 Å². The van der Waals surface area contributed by atoms with Crippen molar-refractivity contribution in [3.8, 4) is 0 Å². The van der Waals surface area contributed by atoms with Gasteiger partial charge >= 0.3 is 0 Å². The van der Waals surface area contributed by atoms with Crippen LogP contribution in [0.5, 0.6) is 0 Å². The predicted octanol–water partition coefficient (Wildman–Crippen LogP) is -0.670. The third-order valence-electron chi connectivity index (χ3n) is 3.41. The number of likely N-dealkylation sites (N-methyl/N-ethyl adjacent to an activating group) is 2. The molecule has 0 aromatic carbocycles. The number of anilines is 3. The van der Waals surface area contributed by atoms with Crippen LogP contribution in [-0.2, 0) is 4.79 Å². The lowest BCUT2D eigenvalue weighted by Gasteiger charge is -2.22. The van der Waals surface area contributed by atoms with E-state index in [9.17, 15) is 4.79 Å². The van der Waals surface area contributed by atoms with Crippen molar-refractivity contribution in [2.24, 2.45) is 5.84 Å². The molecule has 1 fully saturated rings. The minimum absolute atomic E-state index is 0.0951. The van der Waals surface area contributed by atoms with Crippen molar-refractivity contribution in [2.45, 2.75) is 19.8 Å². The molecule has 116 valence electrons. The van der Waals surface area contributed by atoms with Crippen molar-refractivity contribution >= 4 is 23.8 Å². The number of carbonyl (C=O) groups is 1. The van der Waals surface area contributed by atoms with Gasteiger partial charge in [0.1, 0.15) is 0 Å². The van der Waals surface area contributed by atoms with Crippen molar-refractivity contribution in [3.63, 3.8) is 0 Å². The Labute approximate surface area is 123 Å². The van der Waals surface area contributed by atoms with Crippen molar-refractivity contribution in [2.75, 3.05) is 48.5 Å². The summed E-state index contributed by atoms with van der Waals surface area (Å²) in [6, 6.07) is 0. The van der Waals surface area contributed by atoms with E-state index in [0.717, 1.165) is 25.9 Å². The van der Waals surface area contributed by atoms with Crippen molar-refractivity contribution in [1.82, 2.24) is 20.3 Å². The summed E-state index contributed by atoms with van der Waals surface area (Å²) >= 11 is 0. The van der Waals surface area contributed by atoms with Crippen LogP contribution in [0.2, 0.25) is 0 Å². The summed E-state index contributed by atoms with van der Waals surface area (Å²) < 4.78 is 0. The first kappa shape index (κ1) is 15.2. The lowest BCUT2D eigenvalue weighted by Crippen LogP contribution is -2.37. The van der Waals surface area contributed by atoms with Crippen molar-refractivity contribution < 1.29 is 4.79 Å². The molecule has 0 spiro atoms. The van der Waals surface area contributed by atoms with Crippen LogP contribution in [0.1, 0.15) is 19.8 Å². The molecule has 0 radical (unpaired) electrons. The highest BCUT2D eigenvalue weighted by molar-refractivity contribution is 5.80. The highest BCUT2D eigenvalue weighted by atomic mass is 16.1. The van der Waals surface area contributed by atoms with Gasteiger partial charge in [-0.2, -0.15) is 15.0 Å². The summed E-state index contributed by atoms with van der Waals surface area (Å²) in [7, 11) is 1.60. The first-order chi connectivity index (χ1) is 10.2.